The Hall–Kier alpha value is -1.70. The molecule has 0 unspecified atom stereocenters. The number of hydrogen-bond donors (Lipinski definition) is 3. The second-order valence-corrected chi connectivity index (χ2v) is 3.82. The molecule has 0 spiro atoms. The quantitative estimate of drug-likeness (QED) is 0.593. The molecule has 0 aliphatic rings. The second kappa shape index (κ2) is 8.41. The third-order valence-electron chi connectivity index (χ3n) is 2.10. The lowest BCUT2D eigenvalue weighted by molar-refractivity contribution is 0.0215. The molecule has 1 heterocycles. The summed E-state index contributed by atoms with van der Waals surface area (Å²) in [7, 11) is 0. The first-order valence-electron chi connectivity index (χ1n) is 6.10. The van der Waals surface area contributed by atoms with Gasteiger partial charge in [0.25, 0.3) is 6.43 Å². The molecule has 0 fully saturated rings. The third kappa shape index (κ3) is 6.70. The minimum Gasteiger partial charge on any atom is -0.374 e. The van der Waals surface area contributed by atoms with Crippen LogP contribution in [0.2, 0.25) is 0 Å². The van der Waals surface area contributed by atoms with Crippen LogP contribution in [0, 0.1) is 0 Å². The van der Waals surface area contributed by atoms with E-state index in [-0.39, 0.29) is 12.6 Å². The highest BCUT2D eigenvalue weighted by Gasteiger charge is 2.03. The molecule has 108 valence electrons. The van der Waals surface area contributed by atoms with E-state index < -0.39 is 13.0 Å². The molecule has 1 rings (SSSR count). The van der Waals surface area contributed by atoms with E-state index in [4.69, 9.17) is 10.5 Å². The number of halogens is 2. The highest BCUT2D eigenvalue weighted by Crippen LogP contribution is 2.12. The summed E-state index contributed by atoms with van der Waals surface area (Å²) in [6.45, 7) is 2.81. The van der Waals surface area contributed by atoms with Gasteiger partial charge in [0.2, 0.25) is 5.95 Å². The van der Waals surface area contributed by atoms with Crippen molar-refractivity contribution in [1.82, 2.24) is 9.97 Å². The maximum absolute atomic E-state index is 11.8. The van der Waals surface area contributed by atoms with E-state index in [1.807, 2.05) is 6.92 Å². The molecular weight excluding hydrogens is 256 g/mol. The molecular formula is C11H19F2N5O. The molecule has 0 atom stereocenters. The normalized spacial score (nSPS) is 10.7. The zero-order valence-corrected chi connectivity index (χ0v) is 10.8. The van der Waals surface area contributed by atoms with Crippen molar-refractivity contribution >= 4 is 17.6 Å². The van der Waals surface area contributed by atoms with E-state index in [9.17, 15) is 8.78 Å². The van der Waals surface area contributed by atoms with Crippen LogP contribution in [0.4, 0.5) is 26.4 Å². The standard InChI is InChI=1S/C11H19F2N5O/c1-2-3-15-9-6-10(18-11(14)17-9)16-4-5-19-7-8(12)13/h6,8H,2-5,7H2,1H3,(H4,14,15,16,17,18). The van der Waals surface area contributed by atoms with Crippen LogP contribution in [0.25, 0.3) is 0 Å². The van der Waals surface area contributed by atoms with E-state index in [1.54, 1.807) is 6.07 Å². The number of alkyl halides is 2. The number of nitrogen functional groups attached to an aromatic ring is 1. The Bertz CT molecular complexity index is 378. The van der Waals surface area contributed by atoms with Gasteiger partial charge in [-0.25, -0.2) is 8.78 Å². The zero-order valence-electron chi connectivity index (χ0n) is 10.8. The molecule has 0 aliphatic carbocycles. The highest BCUT2D eigenvalue weighted by atomic mass is 19.3. The number of nitrogens with zero attached hydrogens (tertiary/aromatic N) is 2. The van der Waals surface area contributed by atoms with Gasteiger partial charge in [0.1, 0.15) is 18.2 Å². The van der Waals surface area contributed by atoms with Crippen molar-refractivity contribution in [2.75, 3.05) is 42.7 Å². The molecule has 0 saturated heterocycles. The van der Waals surface area contributed by atoms with Crippen molar-refractivity contribution in [2.45, 2.75) is 19.8 Å². The molecule has 6 nitrogen and oxygen atoms in total. The first-order valence-corrected chi connectivity index (χ1v) is 6.10. The van der Waals surface area contributed by atoms with Crippen LogP contribution in [0.5, 0.6) is 0 Å². The van der Waals surface area contributed by atoms with Gasteiger partial charge in [-0.15, -0.1) is 0 Å². The summed E-state index contributed by atoms with van der Waals surface area (Å²) < 4.78 is 28.4. The Kier molecular flexibility index (Phi) is 6.80. The van der Waals surface area contributed by atoms with E-state index >= 15 is 0 Å². The van der Waals surface area contributed by atoms with E-state index in [2.05, 4.69) is 20.6 Å². The molecule has 1 aromatic rings. The van der Waals surface area contributed by atoms with E-state index in [0.717, 1.165) is 13.0 Å². The van der Waals surface area contributed by atoms with Gasteiger partial charge in [0.15, 0.2) is 0 Å². The van der Waals surface area contributed by atoms with Crippen LogP contribution in [0.3, 0.4) is 0 Å². The Labute approximate surface area is 110 Å². The fourth-order valence-electron chi connectivity index (χ4n) is 1.32. The van der Waals surface area contributed by atoms with Gasteiger partial charge in [0.05, 0.1) is 6.61 Å². The van der Waals surface area contributed by atoms with Crippen LogP contribution < -0.4 is 16.4 Å². The SMILES string of the molecule is CCCNc1cc(NCCOCC(F)F)nc(N)n1. The lowest BCUT2D eigenvalue weighted by Crippen LogP contribution is -2.14. The topological polar surface area (TPSA) is 85.1 Å². The van der Waals surface area contributed by atoms with Crippen molar-refractivity contribution in [2.24, 2.45) is 0 Å². The first kappa shape index (κ1) is 15.4. The molecule has 0 aliphatic heterocycles. The summed E-state index contributed by atoms with van der Waals surface area (Å²) in [4.78, 5) is 8.01. The number of aromatic nitrogens is 2. The van der Waals surface area contributed by atoms with Gasteiger partial charge in [-0.2, -0.15) is 9.97 Å². The van der Waals surface area contributed by atoms with Gasteiger partial charge in [-0.1, -0.05) is 6.92 Å². The summed E-state index contributed by atoms with van der Waals surface area (Å²) in [6, 6.07) is 1.71. The molecule has 0 aromatic carbocycles. The summed E-state index contributed by atoms with van der Waals surface area (Å²) in [5, 5.41) is 6.03. The van der Waals surface area contributed by atoms with Crippen LogP contribution in [0.1, 0.15) is 13.3 Å². The second-order valence-electron chi connectivity index (χ2n) is 3.82. The summed E-state index contributed by atoms with van der Waals surface area (Å²) in [6.07, 6.45) is -1.48. The summed E-state index contributed by atoms with van der Waals surface area (Å²) in [5.74, 6) is 1.31. The van der Waals surface area contributed by atoms with E-state index in [0.29, 0.717) is 18.2 Å². The molecule has 8 heteroatoms. The molecule has 0 amide bonds. The first-order chi connectivity index (χ1) is 9.11. The Balaban J connectivity index is 2.38. The third-order valence-corrected chi connectivity index (χ3v) is 2.10. The molecule has 19 heavy (non-hydrogen) atoms. The summed E-state index contributed by atoms with van der Waals surface area (Å²) >= 11 is 0. The van der Waals surface area contributed by atoms with Crippen LogP contribution in [-0.4, -0.2) is 42.7 Å². The number of nitrogens with one attached hydrogen (secondary N) is 2. The van der Waals surface area contributed by atoms with Crippen LogP contribution in [0.15, 0.2) is 6.07 Å². The number of nitrogens with two attached hydrogens (primary N) is 1. The monoisotopic (exact) mass is 275 g/mol. The Morgan fingerprint density at radius 2 is 1.89 bits per heavy atom. The van der Waals surface area contributed by atoms with Gasteiger partial charge in [-0.3, -0.25) is 0 Å². The average molecular weight is 275 g/mol. The maximum Gasteiger partial charge on any atom is 0.261 e. The van der Waals surface area contributed by atoms with Gasteiger partial charge < -0.3 is 21.1 Å². The minimum absolute atomic E-state index is 0.150. The molecule has 1 aromatic heterocycles. The Morgan fingerprint density at radius 3 is 2.47 bits per heavy atom. The van der Waals surface area contributed by atoms with Crippen molar-refractivity contribution in [3.63, 3.8) is 0 Å². The van der Waals surface area contributed by atoms with Crippen molar-refractivity contribution in [3.8, 4) is 0 Å². The maximum atomic E-state index is 11.8. The number of hydrogen-bond acceptors (Lipinski definition) is 6. The van der Waals surface area contributed by atoms with Crippen LogP contribution >= 0.6 is 0 Å². The number of ether oxygens (including phenoxy) is 1. The van der Waals surface area contributed by atoms with Crippen molar-refractivity contribution in [1.29, 1.82) is 0 Å². The van der Waals surface area contributed by atoms with Gasteiger partial charge >= 0.3 is 0 Å². The van der Waals surface area contributed by atoms with Gasteiger partial charge in [-0.05, 0) is 6.42 Å². The predicted octanol–water partition coefficient (Wildman–Crippen LogP) is 1.57. The zero-order chi connectivity index (χ0) is 14.1. The fourth-order valence-corrected chi connectivity index (χ4v) is 1.32. The molecule has 0 bridgehead atoms. The fraction of sp³-hybridized carbons (Fsp3) is 0.636. The van der Waals surface area contributed by atoms with E-state index in [1.165, 1.54) is 0 Å². The molecule has 0 radical (unpaired) electrons. The lowest BCUT2D eigenvalue weighted by atomic mass is 10.4. The minimum atomic E-state index is -2.44. The Morgan fingerprint density at radius 1 is 1.26 bits per heavy atom. The summed E-state index contributed by atoms with van der Waals surface area (Å²) in [5.41, 5.74) is 5.57. The number of rotatable bonds is 9. The van der Waals surface area contributed by atoms with Gasteiger partial charge in [0, 0.05) is 19.2 Å². The largest absolute Gasteiger partial charge is 0.374 e. The predicted molar refractivity (Wildman–Crippen MR) is 70.5 cm³/mol. The van der Waals surface area contributed by atoms with Crippen molar-refractivity contribution in [3.05, 3.63) is 6.07 Å². The smallest absolute Gasteiger partial charge is 0.261 e. The highest BCUT2D eigenvalue weighted by molar-refractivity contribution is 5.50. The molecule has 4 N–H and O–H groups in total. The number of anilines is 3. The lowest BCUT2D eigenvalue weighted by Gasteiger charge is -2.09. The molecule has 0 saturated carbocycles. The van der Waals surface area contributed by atoms with Crippen LogP contribution in [-0.2, 0) is 4.74 Å². The average Bonchev–Trinajstić information content (AvgIpc) is 2.35. The van der Waals surface area contributed by atoms with Crippen molar-refractivity contribution < 1.29 is 13.5 Å².